The maximum Gasteiger partial charge on any atom is 0.0702 e. The topological polar surface area (TPSA) is 38.5 Å². The monoisotopic (exact) mass is 256 g/mol. The minimum atomic E-state index is 0.348. The molecule has 3 heteroatoms. The van der Waals surface area contributed by atoms with E-state index in [1.54, 1.807) is 0 Å². The first-order valence-corrected chi connectivity index (χ1v) is 7.52. The van der Waals surface area contributed by atoms with Crippen molar-refractivity contribution in [3.05, 3.63) is 0 Å². The van der Waals surface area contributed by atoms with Crippen LogP contribution in [0.2, 0.25) is 0 Å². The second-order valence-electron chi connectivity index (χ2n) is 6.78. The second-order valence-corrected chi connectivity index (χ2v) is 6.78. The Balaban J connectivity index is 2.47. The zero-order chi connectivity index (χ0) is 13.6. The first-order valence-electron chi connectivity index (χ1n) is 7.52. The lowest BCUT2D eigenvalue weighted by Crippen LogP contribution is -2.49. The molecule has 2 N–H and O–H groups in total. The van der Waals surface area contributed by atoms with Crippen LogP contribution in [0.4, 0.5) is 0 Å². The van der Waals surface area contributed by atoms with Crippen LogP contribution in [-0.2, 0) is 4.74 Å². The van der Waals surface area contributed by atoms with E-state index in [0.29, 0.717) is 17.6 Å². The summed E-state index contributed by atoms with van der Waals surface area (Å²) < 4.78 is 5.90. The fourth-order valence-corrected chi connectivity index (χ4v) is 2.79. The Kier molecular flexibility index (Phi) is 6.61. The van der Waals surface area contributed by atoms with E-state index in [1.165, 1.54) is 25.8 Å². The molecule has 0 radical (unpaired) electrons. The number of hydrogen-bond donors (Lipinski definition) is 1. The summed E-state index contributed by atoms with van der Waals surface area (Å²) in [6, 6.07) is 0.512. The van der Waals surface area contributed by atoms with Gasteiger partial charge in [-0.2, -0.15) is 0 Å². The third kappa shape index (κ3) is 5.68. The van der Waals surface area contributed by atoms with Crippen LogP contribution in [0.3, 0.4) is 0 Å². The molecule has 0 bridgehead atoms. The van der Waals surface area contributed by atoms with E-state index in [1.807, 2.05) is 0 Å². The lowest BCUT2D eigenvalue weighted by Gasteiger charge is -2.40. The Labute approximate surface area is 113 Å². The van der Waals surface area contributed by atoms with E-state index in [4.69, 9.17) is 10.5 Å². The van der Waals surface area contributed by atoms with Gasteiger partial charge in [0.15, 0.2) is 0 Å². The Morgan fingerprint density at radius 1 is 1.39 bits per heavy atom. The first-order chi connectivity index (χ1) is 8.46. The van der Waals surface area contributed by atoms with Gasteiger partial charge in [0.25, 0.3) is 0 Å². The van der Waals surface area contributed by atoms with Gasteiger partial charge in [0.2, 0.25) is 0 Å². The molecule has 1 aliphatic rings. The van der Waals surface area contributed by atoms with E-state index in [0.717, 1.165) is 26.1 Å². The molecule has 0 aliphatic carbocycles. The average Bonchev–Trinajstić information content (AvgIpc) is 2.32. The minimum Gasteiger partial charge on any atom is -0.377 e. The maximum absolute atomic E-state index is 5.97. The second kappa shape index (κ2) is 7.46. The Hall–Kier alpha value is -0.120. The molecule has 2 unspecified atom stereocenters. The summed E-state index contributed by atoms with van der Waals surface area (Å²) in [7, 11) is 0. The number of likely N-dealkylation sites (tertiary alicyclic amines) is 1. The minimum absolute atomic E-state index is 0.348. The van der Waals surface area contributed by atoms with Crippen molar-refractivity contribution >= 4 is 0 Å². The van der Waals surface area contributed by atoms with Crippen molar-refractivity contribution < 1.29 is 4.74 Å². The summed E-state index contributed by atoms with van der Waals surface area (Å²) in [5, 5.41) is 0. The number of nitrogens with two attached hydrogens (primary N) is 1. The zero-order valence-corrected chi connectivity index (χ0v) is 12.7. The summed E-state index contributed by atoms with van der Waals surface area (Å²) >= 11 is 0. The molecule has 0 aromatic carbocycles. The smallest absolute Gasteiger partial charge is 0.0702 e. The number of nitrogens with zero attached hydrogens (tertiary/aromatic N) is 1. The number of rotatable bonds is 6. The van der Waals surface area contributed by atoms with Crippen LogP contribution in [0.25, 0.3) is 0 Å². The normalized spacial score (nSPS) is 24.2. The predicted octanol–water partition coefficient (Wildman–Crippen LogP) is 2.64. The van der Waals surface area contributed by atoms with Crippen LogP contribution in [0.1, 0.15) is 53.4 Å². The molecule has 2 atom stereocenters. The van der Waals surface area contributed by atoms with Gasteiger partial charge in [0.1, 0.15) is 0 Å². The Morgan fingerprint density at radius 3 is 2.67 bits per heavy atom. The largest absolute Gasteiger partial charge is 0.377 e. The highest BCUT2D eigenvalue weighted by molar-refractivity contribution is 4.83. The molecule has 0 amide bonds. The van der Waals surface area contributed by atoms with Crippen LogP contribution >= 0.6 is 0 Å². The molecule has 0 aromatic heterocycles. The first kappa shape index (κ1) is 15.9. The molecule has 1 saturated heterocycles. The van der Waals surface area contributed by atoms with Gasteiger partial charge in [-0.1, -0.05) is 27.7 Å². The number of piperidine rings is 1. The summed E-state index contributed by atoms with van der Waals surface area (Å²) in [6.07, 6.45) is 5.16. The Bertz CT molecular complexity index is 225. The lowest BCUT2D eigenvalue weighted by atomic mass is 9.87. The molecular weight excluding hydrogens is 224 g/mol. The van der Waals surface area contributed by atoms with Crippen molar-refractivity contribution in [1.82, 2.24) is 4.90 Å². The quantitative estimate of drug-likeness (QED) is 0.794. The molecule has 1 heterocycles. The highest BCUT2D eigenvalue weighted by Gasteiger charge is 2.28. The van der Waals surface area contributed by atoms with Gasteiger partial charge in [0.05, 0.1) is 6.10 Å². The van der Waals surface area contributed by atoms with Crippen LogP contribution in [0.5, 0.6) is 0 Å². The zero-order valence-electron chi connectivity index (χ0n) is 12.7. The number of ether oxygens (including phenoxy) is 1. The standard InChI is InChI=1S/C15H32N2O/c1-5-9-18-14-7-6-8-17(12-14)13(11-16)10-15(2,3)4/h13-14H,5-12,16H2,1-4H3. The van der Waals surface area contributed by atoms with Crippen molar-refractivity contribution in [3.63, 3.8) is 0 Å². The molecule has 0 saturated carbocycles. The summed E-state index contributed by atoms with van der Waals surface area (Å²) in [5.74, 6) is 0. The lowest BCUT2D eigenvalue weighted by molar-refractivity contribution is -0.0162. The SMILES string of the molecule is CCCOC1CCCN(C(CN)CC(C)(C)C)C1. The van der Waals surface area contributed by atoms with E-state index in [-0.39, 0.29) is 0 Å². The molecule has 1 aliphatic heterocycles. The maximum atomic E-state index is 5.97. The van der Waals surface area contributed by atoms with Crippen LogP contribution in [-0.4, -0.2) is 43.3 Å². The average molecular weight is 256 g/mol. The summed E-state index contributed by atoms with van der Waals surface area (Å²) in [5.41, 5.74) is 6.32. The third-order valence-electron chi connectivity index (χ3n) is 3.60. The molecule has 1 fully saturated rings. The Morgan fingerprint density at radius 2 is 2.11 bits per heavy atom. The summed E-state index contributed by atoms with van der Waals surface area (Å²) in [6.45, 7) is 13.0. The molecule has 0 spiro atoms. The van der Waals surface area contributed by atoms with Gasteiger partial charge in [-0.05, 0) is 37.6 Å². The predicted molar refractivity (Wildman–Crippen MR) is 77.8 cm³/mol. The van der Waals surface area contributed by atoms with E-state index in [2.05, 4.69) is 32.6 Å². The van der Waals surface area contributed by atoms with Gasteiger partial charge < -0.3 is 10.5 Å². The van der Waals surface area contributed by atoms with Crippen molar-refractivity contribution in [2.75, 3.05) is 26.2 Å². The van der Waals surface area contributed by atoms with Gasteiger partial charge in [0, 0.05) is 25.7 Å². The highest BCUT2D eigenvalue weighted by Crippen LogP contribution is 2.25. The van der Waals surface area contributed by atoms with E-state index >= 15 is 0 Å². The van der Waals surface area contributed by atoms with Crippen LogP contribution in [0.15, 0.2) is 0 Å². The fraction of sp³-hybridized carbons (Fsp3) is 1.00. The molecule has 1 rings (SSSR count). The molecule has 18 heavy (non-hydrogen) atoms. The molecular formula is C15H32N2O. The van der Waals surface area contributed by atoms with Crippen molar-refractivity contribution in [3.8, 4) is 0 Å². The van der Waals surface area contributed by atoms with Crippen LogP contribution in [0, 0.1) is 5.41 Å². The van der Waals surface area contributed by atoms with Gasteiger partial charge in [-0.25, -0.2) is 0 Å². The van der Waals surface area contributed by atoms with E-state index < -0.39 is 0 Å². The molecule has 108 valence electrons. The fourth-order valence-electron chi connectivity index (χ4n) is 2.79. The highest BCUT2D eigenvalue weighted by atomic mass is 16.5. The van der Waals surface area contributed by atoms with Crippen LogP contribution < -0.4 is 5.73 Å². The summed E-state index contributed by atoms with van der Waals surface area (Å²) in [4.78, 5) is 2.55. The third-order valence-corrected chi connectivity index (χ3v) is 3.60. The van der Waals surface area contributed by atoms with Gasteiger partial charge in [-0.3, -0.25) is 4.90 Å². The van der Waals surface area contributed by atoms with Crippen molar-refractivity contribution in [1.29, 1.82) is 0 Å². The molecule has 3 nitrogen and oxygen atoms in total. The molecule has 0 aromatic rings. The van der Waals surface area contributed by atoms with E-state index in [9.17, 15) is 0 Å². The van der Waals surface area contributed by atoms with Crippen molar-refractivity contribution in [2.45, 2.75) is 65.5 Å². The number of hydrogen-bond acceptors (Lipinski definition) is 3. The van der Waals surface area contributed by atoms with Gasteiger partial charge in [-0.15, -0.1) is 0 Å². The van der Waals surface area contributed by atoms with Crippen molar-refractivity contribution in [2.24, 2.45) is 11.1 Å². The van der Waals surface area contributed by atoms with Gasteiger partial charge >= 0.3 is 0 Å².